The summed E-state index contributed by atoms with van der Waals surface area (Å²) in [7, 11) is 0. The van der Waals surface area contributed by atoms with E-state index >= 15 is 0 Å². The summed E-state index contributed by atoms with van der Waals surface area (Å²) in [5, 5.41) is 1.15. The molecule has 0 saturated carbocycles. The van der Waals surface area contributed by atoms with Crippen LogP contribution in [0.1, 0.15) is 23.7 Å². The zero-order chi connectivity index (χ0) is 18.6. The third-order valence-corrected chi connectivity index (χ3v) is 5.97. The number of hydrogen-bond acceptors (Lipinski definition) is 2. The molecule has 5 rings (SSSR count). The van der Waals surface area contributed by atoms with Crippen LogP contribution in [0, 0.1) is 0 Å². The Morgan fingerprint density at radius 1 is 1.04 bits per heavy atom. The number of para-hydroxylation sites is 1. The van der Waals surface area contributed by atoms with E-state index in [1.165, 1.54) is 0 Å². The molecule has 2 amide bonds. The second-order valence-electron chi connectivity index (χ2n) is 7.54. The number of amides is 2. The lowest BCUT2D eigenvalue weighted by molar-refractivity contribution is -0.166. The smallest absolute Gasteiger partial charge is 0.255 e. The third-order valence-electron chi connectivity index (χ3n) is 5.97. The Labute approximate surface area is 157 Å². The fraction of sp³-hybridized carbons (Fsp3) is 0.273. The second-order valence-corrected chi connectivity index (χ2v) is 7.54. The number of aromatic nitrogens is 1. The largest absolute Gasteiger partial charge is 0.356 e. The van der Waals surface area contributed by atoms with E-state index in [2.05, 4.69) is 11.1 Å². The molecule has 1 atom stereocenters. The standard InChI is InChI=1S/C22H21N3O2/c1-22-20-17(16-9-5-6-10-18(16)23-20)11-12-25(22)19(26)14-24(21(22)27)13-15-7-3-2-4-8-15/h2-10,23H,11-14H2,1H3/t22-/m0/s1. The van der Waals surface area contributed by atoms with Gasteiger partial charge < -0.3 is 14.8 Å². The molecule has 3 aromatic rings. The maximum Gasteiger partial charge on any atom is 0.255 e. The van der Waals surface area contributed by atoms with Crippen LogP contribution in [0.5, 0.6) is 0 Å². The van der Waals surface area contributed by atoms with Crippen LogP contribution in [0.2, 0.25) is 0 Å². The van der Waals surface area contributed by atoms with E-state index in [9.17, 15) is 9.59 Å². The molecule has 5 nitrogen and oxygen atoms in total. The lowest BCUT2D eigenvalue weighted by Crippen LogP contribution is -2.66. The molecule has 5 heteroatoms. The molecule has 136 valence electrons. The molecule has 27 heavy (non-hydrogen) atoms. The highest BCUT2D eigenvalue weighted by atomic mass is 16.2. The number of H-pyrrole nitrogens is 1. The number of carbonyl (C=O) groups is 2. The van der Waals surface area contributed by atoms with Gasteiger partial charge in [0.05, 0.1) is 5.69 Å². The Hall–Kier alpha value is -3.08. The number of aromatic amines is 1. The summed E-state index contributed by atoms with van der Waals surface area (Å²) in [6.45, 7) is 3.05. The van der Waals surface area contributed by atoms with Crippen LogP contribution in [0.25, 0.3) is 10.9 Å². The monoisotopic (exact) mass is 359 g/mol. The maximum atomic E-state index is 13.6. The number of carbonyl (C=O) groups excluding carboxylic acids is 2. The summed E-state index contributed by atoms with van der Waals surface area (Å²) in [6, 6.07) is 17.9. The van der Waals surface area contributed by atoms with Crippen LogP contribution in [0.15, 0.2) is 54.6 Å². The topological polar surface area (TPSA) is 56.4 Å². The van der Waals surface area contributed by atoms with E-state index in [1.54, 1.807) is 9.80 Å². The molecule has 1 saturated heterocycles. The number of benzene rings is 2. The van der Waals surface area contributed by atoms with Crippen molar-refractivity contribution in [3.05, 3.63) is 71.4 Å². The second kappa shape index (κ2) is 5.71. The van der Waals surface area contributed by atoms with Crippen LogP contribution in [-0.4, -0.2) is 39.7 Å². The number of fused-ring (bicyclic) bond motifs is 5. The fourth-order valence-corrected chi connectivity index (χ4v) is 4.61. The van der Waals surface area contributed by atoms with Gasteiger partial charge in [-0.25, -0.2) is 0 Å². The molecule has 2 aliphatic heterocycles. The van der Waals surface area contributed by atoms with Crippen LogP contribution in [0.3, 0.4) is 0 Å². The summed E-state index contributed by atoms with van der Waals surface area (Å²) in [5.41, 5.74) is 3.10. The fourth-order valence-electron chi connectivity index (χ4n) is 4.61. The van der Waals surface area contributed by atoms with Gasteiger partial charge in [0.1, 0.15) is 6.54 Å². The molecule has 2 aliphatic rings. The van der Waals surface area contributed by atoms with Crippen molar-refractivity contribution in [1.29, 1.82) is 0 Å². The van der Waals surface area contributed by atoms with Crippen molar-refractivity contribution in [3.63, 3.8) is 0 Å². The van der Waals surface area contributed by atoms with Crippen LogP contribution in [-0.2, 0) is 28.1 Å². The summed E-state index contributed by atoms with van der Waals surface area (Å²) < 4.78 is 0. The first-order valence-corrected chi connectivity index (χ1v) is 9.33. The third kappa shape index (κ3) is 2.24. The van der Waals surface area contributed by atoms with E-state index in [1.807, 2.05) is 55.5 Å². The highest BCUT2D eigenvalue weighted by molar-refractivity contribution is 6.00. The summed E-state index contributed by atoms with van der Waals surface area (Å²) in [4.78, 5) is 33.4. The summed E-state index contributed by atoms with van der Waals surface area (Å²) in [6.07, 6.45) is 0.770. The molecule has 0 radical (unpaired) electrons. The van der Waals surface area contributed by atoms with Crippen molar-refractivity contribution in [3.8, 4) is 0 Å². The number of piperazine rings is 1. The number of nitrogens with one attached hydrogen (secondary N) is 1. The first kappa shape index (κ1) is 16.1. The first-order valence-electron chi connectivity index (χ1n) is 9.33. The van der Waals surface area contributed by atoms with Crippen molar-refractivity contribution in [2.75, 3.05) is 13.1 Å². The molecular formula is C22H21N3O2. The molecule has 2 aromatic carbocycles. The van der Waals surface area contributed by atoms with Gasteiger partial charge in [0.2, 0.25) is 5.91 Å². The van der Waals surface area contributed by atoms with E-state index in [-0.39, 0.29) is 18.4 Å². The Balaban J connectivity index is 1.61. The maximum absolute atomic E-state index is 13.6. The van der Waals surface area contributed by atoms with Crippen molar-refractivity contribution >= 4 is 22.7 Å². The molecule has 0 unspecified atom stereocenters. The minimum absolute atomic E-state index is 0.0114. The van der Waals surface area contributed by atoms with Gasteiger partial charge in [0.15, 0.2) is 5.54 Å². The quantitative estimate of drug-likeness (QED) is 0.765. The molecular weight excluding hydrogens is 338 g/mol. The number of hydrogen-bond donors (Lipinski definition) is 1. The zero-order valence-electron chi connectivity index (χ0n) is 15.2. The van der Waals surface area contributed by atoms with Crippen LogP contribution in [0.4, 0.5) is 0 Å². The Morgan fingerprint density at radius 3 is 2.59 bits per heavy atom. The predicted molar refractivity (Wildman–Crippen MR) is 103 cm³/mol. The van der Waals surface area contributed by atoms with Crippen molar-refractivity contribution in [2.24, 2.45) is 0 Å². The van der Waals surface area contributed by atoms with E-state index in [0.717, 1.165) is 34.1 Å². The molecule has 3 heterocycles. The van der Waals surface area contributed by atoms with E-state index < -0.39 is 5.54 Å². The minimum Gasteiger partial charge on any atom is -0.356 e. The average Bonchev–Trinajstić information content (AvgIpc) is 3.07. The highest BCUT2D eigenvalue weighted by Crippen LogP contribution is 2.42. The first-order chi connectivity index (χ1) is 13.1. The van der Waals surface area contributed by atoms with Crippen molar-refractivity contribution in [1.82, 2.24) is 14.8 Å². The molecule has 0 bridgehead atoms. The minimum atomic E-state index is -0.975. The Morgan fingerprint density at radius 2 is 1.78 bits per heavy atom. The molecule has 1 N–H and O–H groups in total. The normalized spacial score (nSPS) is 22.1. The molecule has 0 aliphatic carbocycles. The van der Waals surface area contributed by atoms with E-state index in [4.69, 9.17) is 0 Å². The van der Waals surface area contributed by atoms with Gasteiger partial charge in [-0.2, -0.15) is 0 Å². The SMILES string of the molecule is C[C@]12C(=O)N(Cc3ccccc3)CC(=O)N1CCc1c2[nH]c2ccccc12. The van der Waals surface area contributed by atoms with Crippen molar-refractivity contribution < 1.29 is 9.59 Å². The lowest BCUT2D eigenvalue weighted by atomic mass is 9.83. The molecule has 0 spiro atoms. The average molecular weight is 359 g/mol. The van der Waals surface area contributed by atoms with Gasteiger partial charge in [0.25, 0.3) is 5.91 Å². The van der Waals surface area contributed by atoms with Gasteiger partial charge in [-0.3, -0.25) is 9.59 Å². The van der Waals surface area contributed by atoms with E-state index in [0.29, 0.717) is 13.1 Å². The van der Waals surface area contributed by atoms with Crippen LogP contribution < -0.4 is 0 Å². The summed E-state index contributed by atoms with van der Waals surface area (Å²) >= 11 is 0. The number of rotatable bonds is 2. The molecule has 1 fully saturated rings. The Kier molecular flexibility index (Phi) is 3.41. The van der Waals surface area contributed by atoms with Crippen LogP contribution >= 0.6 is 0 Å². The number of nitrogens with zero attached hydrogens (tertiary/aromatic N) is 2. The van der Waals surface area contributed by atoms with Gasteiger partial charge in [-0.15, -0.1) is 0 Å². The van der Waals surface area contributed by atoms with Crippen molar-refractivity contribution in [2.45, 2.75) is 25.4 Å². The van der Waals surface area contributed by atoms with Gasteiger partial charge in [-0.1, -0.05) is 48.5 Å². The lowest BCUT2D eigenvalue weighted by Gasteiger charge is -2.49. The van der Waals surface area contributed by atoms with Gasteiger partial charge in [-0.05, 0) is 30.5 Å². The zero-order valence-corrected chi connectivity index (χ0v) is 15.2. The Bertz CT molecular complexity index is 1060. The predicted octanol–water partition coefficient (Wildman–Crippen LogP) is 2.81. The molecule has 1 aromatic heterocycles. The van der Waals surface area contributed by atoms with Gasteiger partial charge >= 0.3 is 0 Å². The van der Waals surface area contributed by atoms with Gasteiger partial charge in [0, 0.05) is 24.0 Å². The summed E-state index contributed by atoms with van der Waals surface area (Å²) in [5.74, 6) is -0.00389. The highest BCUT2D eigenvalue weighted by Gasteiger charge is 2.53.